The summed E-state index contributed by atoms with van der Waals surface area (Å²) in [6.07, 6.45) is 0. The summed E-state index contributed by atoms with van der Waals surface area (Å²) in [4.78, 5) is 16.9. The normalized spacial score (nSPS) is 22.0. The van der Waals surface area contributed by atoms with E-state index in [9.17, 15) is 4.79 Å². The quantitative estimate of drug-likeness (QED) is 0.837. The topological polar surface area (TPSA) is 61.6 Å². The van der Waals surface area contributed by atoms with E-state index in [1.807, 2.05) is 6.92 Å². The van der Waals surface area contributed by atoms with Gasteiger partial charge in [0.2, 0.25) is 5.91 Å². The van der Waals surface area contributed by atoms with Gasteiger partial charge in [-0.3, -0.25) is 9.69 Å². The maximum Gasteiger partial charge on any atom is 0.241 e. The van der Waals surface area contributed by atoms with E-state index in [0.717, 1.165) is 19.6 Å². The molecule has 2 rings (SSSR count). The molecule has 0 aliphatic carbocycles. The predicted molar refractivity (Wildman–Crippen MR) is 87.6 cm³/mol. The lowest BCUT2D eigenvalue weighted by Gasteiger charge is -2.40. The lowest BCUT2D eigenvalue weighted by atomic mass is 10.1. The number of nitrogens with zero attached hydrogens (tertiary/aromatic N) is 2. The molecule has 1 aromatic carbocycles. The van der Waals surface area contributed by atoms with Crippen molar-refractivity contribution in [2.75, 3.05) is 37.7 Å². The summed E-state index contributed by atoms with van der Waals surface area (Å²) in [7, 11) is 2.11. The van der Waals surface area contributed by atoms with Gasteiger partial charge in [0.1, 0.15) is 0 Å². The molecule has 2 unspecified atom stereocenters. The maximum atomic E-state index is 12.4. The largest absolute Gasteiger partial charge is 0.397 e. The summed E-state index contributed by atoms with van der Waals surface area (Å²) in [5.74, 6) is -0.0409. The van der Waals surface area contributed by atoms with Crippen LogP contribution in [-0.4, -0.2) is 54.5 Å². The van der Waals surface area contributed by atoms with Crippen molar-refractivity contribution in [3.8, 4) is 0 Å². The van der Waals surface area contributed by atoms with Crippen LogP contribution in [-0.2, 0) is 4.79 Å². The molecule has 116 valence electrons. The van der Waals surface area contributed by atoms with Crippen molar-refractivity contribution in [1.82, 2.24) is 9.80 Å². The van der Waals surface area contributed by atoms with E-state index in [1.54, 1.807) is 18.2 Å². The molecule has 0 aromatic heterocycles. The highest BCUT2D eigenvalue weighted by Gasteiger charge is 2.28. The van der Waals surface area contributed by atoms with E-state index >= 15 is 0 Å². The highest BCUT2D eigenvalue weighted by molar-refractivity contribution is 6.31. The van der Waals surface area contributed by atoms with Gasteiger partial charge >= 0.3 is 0 Å². The van der Waals surface area contributed by atoms with Crippen LogP contribution in [0, 0.1) is 0 Å². The van der Waals surface area contributed by atoms with E-state index in [1.165, 1.54) is 0 Å². The minimum Gasteiger partial charge on any atom is -0.397 e. The minimum absolute atomic E-state index is 0.0409. The first kappa shape index (κ1) is 16.1. The first-order chi connectivity index (χ1) is 9.88. The number of carbonyl (C=O) groups is 1. The van der Waals surface area contributed by atoms with Gasteiger partial charge in [0.15, 0.2) is 0 Å². The lowest BCUT2D eigenvalue weighted by molar-refractivity contribution is -0.121. The Labute approximate surface area is 131 Å². The molecule has 1 saturated heterocycles. The number of nitrogens with one attached hydrogen (secondary N) is 1. The molecule has 3 N–H and O–H groups in total. The van der Waals surface area contributed by atoms with E-state index < -0.39 is 0 Å². The number of amides is 1. The maximum absolute atomic E-state index is 12.4. The molecule has 1 amide bonds. The summed E-state index contributed by atoms with van der Waals surface area (Å²) < 4.78 is 0. The van der Waals surface area contributed by atoms with Gasteiger partial charge in [-0.2, -0.15) is 0 Å². The van der Waals surface area contributed by atoms with Crippen LogP contribution in [0.5, 0.6) is 0 Å². The fourth-order valence-corrected chi connectivity index (χ4v) is 2.66. The number of nitrogens with two attached hydrogens (primary N) is 1. The Hall–Kier alpha value is -1.30. The number of nitrogen functional groups attached to an aromatic ring is 1. The molecule has 5 nitrogen and oxygen atoms in total. The van der Waals surface area contributed by atoms with Crippen LogP contribution in [0.25, 0.3) is 0 Å². The fraction of sp³-hybridized carbons (Fsp3) is 0.533. The van der Waals surface area contributed by atoms with Crippen molar-refractivity contribution in [3.05, 3.63) is 23.2 Å². The van der Waals surface area contributed by atoms with Gasteiger partial charge in [-0.05, 0) is 39.1 Å². The molecule has 2 atom stereocenters. The van der Waals surface area contributed by atoms with Crippen LogP contribution >= 0.6 is 11.6 Å². The lowest BCUT2D eigenvalue weighted by Crippen LogP contribution is -2.55. The number of piperazine rings is 1. The second-order valence-corrected chi connectivity index (χ2v) is 6.16. The smallest absolute Gasteiger partial charge is 0.241 e. The Morgan fingerprint density at radius 1 is 1.48 bits per heavy atom. The van der Waals surface area contributed by atoms with E-state index in [2.05, 4.69) is 29.1 Å². The molecule has 1 aliphatic heterocycles. The number of hydrogen-bond donors (Lipinski definition) is 2. The van der Waals surface area contributed by atoms with Gasteiger partial charge in [0.05, 0.1) is 17.4 Å². The Morgan fingerprint density at radius 3 is 2.81 bits per heavy atom. The molecule has 0 bridgehead atoms. The average molecular weight is 311 g/mol. The van der Waals surface area contributed by atoms with Gasteiger partial charge in [-0.25, -0.2) is 0 Å². The van der Waals surface area contributed by atoms with Crippen molar-refractivity contribution < 1.29 is 4.79 Å². The number of likely N-dealkylation sites (N-methyl/N-ethyl adjacent to an activating group) is 1. The predicted octanol–water partition coefficient (Wildman–Crippen LogP) is 1.89. The van der Waals surface area contributed by atoms with Crippen molar-refractivity contribution in [3.63, 3.8) is 0 Å². The van der Waals surface area contributed by atoms with Crippen LogP contribution in [0.15, 0.2) is 18.2 Å². The molecular weight excluding hydrogens is 288 g/mol. The van der Waals surface area contributed by atoms with E-state index in [0.29, 0.717) is 22.4 Å². The zero-order chi connectivity index (χ0) is 15.6. The molecule has 6 heteroatoms. The Morgan fingerprint density at radius 2 is 2.19 bits per heavy atom. The number of hydrogen-bond acceptors (Lipinski definition) is 4. The summed E-state index contributed by atoms with van der Waals surface area (Å²) in [5, 5.41) is 3.44. The van der Waals surface area contributed by atoms with Gasteiger partial charge in [-0.1, -0.05) is 11.6 Å². The van der Waals surface area contributed by atoms with Crippen molar-refractivity contribution in [2.45, 2.75) is 25.9 Å². The highest BCUT2D eigenvalue weighted by atomic mass is 35.5. The second kappa shape index (κ2) is 6.64. The summed E-state index contributed by atoms with van der Waals surface area (Å²) in [5.41, 5.74) is 6.96. The molecule has 1 fully saturated rings. The Balaban J connectivity index is 1.99. The van der Waals surface area contributed by atoms with Crippen LogP contribution in [0.1, 0.15) is 13.8 Å². The zero-order valence-corrected chi connectivity index (χ0v) is 13.5. The standard InChI is InChI=1S/C15H23ClN4O/c1-10-9-20(7-6-19(10)3)11(2)15(21)18-14-5-4-12(16)8-13(14)17/h4-5,8,10-11H,6-7,9,17H2,1-3H3,(H,18,21). The summed E-state index contributed by atoms with van der Waals surface area (Å²) in [6, 6.07) is 5.36. The average Bonchev–Trinajstić information content (AvgIpc) is 2.44. The third-order valence-corrected chi connectivity index (χ3v) is 4.42. The Bertz CT molecular complexity index is 522. The summed E-state index contributed by atoms with van der Waals surface area (Å²) in [6.45, 7) is 6.86. The van der Waals surface area contributed by atoms with Crippen LogP contribution in [0.2, 0.25) is 5.02 Å². The minimum atomic E-state index is -0.184. The second-order valence-electron chi connectivity index (χ2n) is 5.72. The van der Waals surface area contributed by atoms with Gasteiger partial charge in [0.25, 0.3) is 0 Å². The number of halogens is 1. The monoisotopic (exact) mass is 310 g/mol. The number of rotatable bonds is 3. The molecule has 1 aliphatic rings. The number of benzene rings is 1. The SMILES string of the molecule is CC1CN(C(C)C(=O)Nc2ccc(Cl)cc2N)CCN1C. The first-order valence-electron chi connectivity index (χ1n) is 7.18. The third kappa shape index (κ3) is 3.87. The third-order valence-electron chi connectivity index (χ3n) is 4.19. The van der Waals surface area contributed by atoms with Gasteiger partial charge in [-0.15, -0.1) is 0 Å². The van der Waals surface area contributed by atoms with Crippen molar-refractivity contribution >= 4 is 28.9 Å². The molecule has 0 radical (unpaired) electrons. The molecule has 0 saturated carbocycles. The zero-order valence-electron chi connectivity index (χ0n) is 12.8. The van der Waals surface area contributed by atoms with Crippen molar-refractivity contribution in [2.24, 2.45) is 0 Å². The fourth-order valence-electron chi connectivity index (χ4n) is 2.48. The van der Waals surface area contributed by atoms with Crippen LogP contribution in [0.4, 0.5) is 11.4 Å². The van der Waals surface area contributed by atoms with Crippen LogP contribution < -0.4 is 11.1 Å². The number of carbonyl (C=O) groups excluding carboxylic acids is 1. The molecule has 0 spiro atoms. The Kier molecular flexibility index (Phi) is 5.08. The van der Waals surface area contributed by atoms with Crippen molar-refractivity contribution in [1.29, 1.82) is 0 Å². The highest BCUT2D eigenvalue weighted by Crippen LogP contribution is 2.23. The van der Waals surface area contributed by atoms with E-state index in [-0.39, 0.29) is 11.9 Å². The molecular formula is C15H23ClN4O. The van der Waals surface area contributed by atoms with Gasteiger partial charge in [0, 0.05) is 30.7 Å². The molecule has 1 heterocycles. The van der Waals surface area contributed by atoms with E-state index in [4.69, 9.17) is 17.3 Å². The van der Waals surface area contributed by atoms with Gasteiger partial charge < -0.3 is 16.0 Å². The number of anilines is 2. The molecule has 1 aromatic rings. The first-order valence-corrected chi connectivity index (χ1v) is 7.56. The van der Waals surface area contributed by atoms with Crippen LogP contribution in [0.3, 0.4) is 0 Å². The molecule has 21 heavy (non-hydrogen) atoms. The summed E-state index contributed by atoms with van der Waals surface area (Å²) >= 11 is 5.86.